The third kappa shape index (κ3) is 6.21. The Morgan fingerprint density at radius 3 is 2.55 bits per heavy atom. The van der Waals surface area contributed by atoms with Crippen LogP contribution in [0.1, 0.15) is 11.3 Å². The van der Waals surface area contributed by atoms with Gasteiger partial charge in [0.15, 0.2) is 5.96 Å². The molecule has 0 atom stereocenters. The van der Waals surface area contributed by atoms with Gasteiger partial charge in [0.05, 0.1) is 19.3 Å². The number of carbonyl (C=O) groups excluding carboxylic acids is 1. The molecule has 3 rings (SSSR count). The zero-order valence-corrected chi connectivity index (χ0v) is 16.9. The van der Waals surface area contributed by atoms with Gasteiger partial charge < -0.3 is 24.8 Å². The van der Waals surface area contributed by atoms with Gasteiger partial charge >= 0.3 is 0 Å². The first-order valence-corrected chi connectivity index (χ1v) is 9.65. The number of aromatic nitrogens is 1. The van der Waals surface area contributed by atoms with Gasteiger partial charge in [-0.05, 0) is 17.7 Å². The highest BCUT2D eigenvalue weighted by molar-refractivity contribution is 5.86. The van der Waals surface area contributed by atoms with E-state index in [1.54, 1.807) is 20.4 Å². The van der Waals surface area contributed by atoms with Crippen LogP contribution in [0.5, 0.6) is 5.75 Å². The Morgan fingerprint density at radius 1 is 1.17 bits per heavy atom. The van der Waals surface area contributed by atoms with Crippen LogP contribution in [0.2, 0.25) is 0 Å². The van der Waals surface area contributed by atoms with E-state index >= 15 is 0 Å². The predicted molar refractivity (Wildman–Crippen MR) is 110 cm³/mol. The van der Waals surface area contributed by atoms with Crippen LogP contribution < -0.4 is 15.4 Å². The Bertz CT molecular complexity index is 783. The van der Waals surface area contributed by atoms with Crippen molar-refractivity contribution in [1.82, 2.24) is 25.6 Å². The number of guanidine groups is 1. The van der Waals surface area contributed by atoms with Crippen molar-refractivity contribution >= 4 is 11.9 Å². The molecule has 0 radical (unpaired) electrons. The summed E-state index contributed by atoms with van der Waals surface area (Å²) < 4.78 is 10.0. The molecule has 0 aliphatic carbocycles. The van der Waals surface area contributed by atoms with Gasteiger partial charge in [-0.3, -0.25) is 14.7 Å². The first kappa shape index (κ1) is 20.7. The molecule has 0 saturated carbocycles. The van der Waals surface area contributed by atoms with Crippen molar-refractivity contribution in [1.29, 1.82) is 0 Å². The van der Waals surface area contributed by atoms with E-state index in [1.807, 2.05) is 30.3 Å². The lowest BCUT2D eigenvalue weighted by molar-refractivity contribution is -0.120. The van der Waals surface area contributed by atoms with Gasteiger partial charge in [-0.2, -0.15) is 0 Å². The number of benzene rings is 1. The van der Waals surface area contributed by atoms with Crippen LogP contribution in [0.15, 0.2) is 46.1 Å². The van der Waals surface area contributed by atoms with E-state index in [0.717, 1.165) is 55.7 Å². The van der Waals surface area contributed by atoms with E-state index in [9.17, 15) is 4.79 Å². The fourth-order valence-electron chi connectivity index (χ4n) is 3.16. The fraction of sp³-hybridized carbons (Fsp3) is 0.450. The number of ether oxygens (including phenoxy) is 1. The average molecular weight is 400 g/mol. The van der Waals surface area contributed by atoms with Gasteiger partial charge in [0.25, 0.3) is 0 Å². The van der Waals surface area contributed by atoms with Crippen LogP contribution in [0, 0.1) is 0 Å². The van der Waals surface area contributed by atoms with Crippen molar-refractivity contribution in [2.24, 2.45) is 4.99 Å². The average Bonchev–Trinajstić information content (AvgIpc) is 3.27. The second-order valence-electron chi connectivity index (χ2n) is 6.78. The van der Waals surface area contributed by atoms with Crippen molar-refractivity contribution < 1.29 is 14.1 Å². The van der Waals surface area contributed by atoms with E-state index in [4.69, 9.17) is 9.26 Å². The van der Waals surface area contributed by atoms with Crippen molar-refractivity contribution in [3.8, 4) is 5.75 Å². The van der Waals surface area contributed by atoms with Crippen LogP contribution >= 0.6 is 0 Å². The van der Waals surface area contributed by atoms with Gasteiger partial charge in [-0.1, -0.05) is 17.3 Å². The topological polar surface area (TPSA) is 95.2 Å². The summed E-state index contributed by atoms with van der Waals surface area (Å²) in [5, 5.41) is 10.0. The predicted octanol–water partition coefficient (Wildman–Crippen LogP) is 0.693. The second-order valence-corrected chi connectivity index (χ2v) is 6.78. The molecule has 29 heavy (non-hydrogen) atoms. The lowest BCUT2D eigenvalue weighted by atomic mass is 10.2. The Kier molecular flexibility index (Phi) is 7.46. The van der Waals surface area contributed by atoms with Gasteiger partial charge in [0, 0.05) is 52.4 Å². The molecule has 0 spiro atoms. The quantitative estimate of drug-likeness (QED) is 0.522. The zero-order valence-electron chi connectivity index (χ0n) is 16.9. The Hall–Kier alpha value is -3.07. The Morgan fingerprint density at radius 2 is 1.93 bits per heavy atom. The number of hydrogen-bond donors (Lipinski definition) is 2. The lowest BCUT2D eigenvalue weighted by Crippen LogP contribution is -2.53. The minimum Gasteiger partial charge on any atom is -0.497 e. The van der Waals surface area contributed by atoms with Crippen molar-refractivity contribution in [3.63, 3.8) is 0 Å². The van der Waals surface area contributed by atoms with Gasteiger partial charge in [0.2, 0.25) is 5.91 Å². The summed E-state index contributed by atoms with van der Waals surface area (Å²) in [4.78, 5) is 21.0. The molecule has 2 heterocycles. The highest BCUT2D eigenvalue weighted by Crippen LogP contribution is 2.11. The number of rotatable bonds is 7. The highest BCUT2D eigenvalue weighted by Gasteiger charge is 2.20. The van der Waals surface area contributed by atoms with Crippen molar-refractivity contribution in [2.45, 2.75) is 13.1 Å². The molecule has 1 aromatic carbocycles. The largest absolute Gasteiger partial charge is 0.497 e. The maximum atomic E-state index is 12.2. The molecule has 1 aromatic heterocycles. The van der Waals surface area contributed by atoms with Crippen molar-refractivity contribution in [3.05, 3.63) is 47.9 Å². The van der Waals surface area contributed by atoms with E-state index in [0.29, 0.717) is 6.54 Å². The third-order valence-electron chi connectivity index (χ3n) is 4.82. The zero-order chi connectivity index (χ0) is 20.5. The number of aliphatic imine (C=N–C) groups is 1. The molecule has 9 nitrogen and oxygen atoms in total. The normalized spacial score (nSPS) is 15.2. The van der Waals surface area contributed by atoms with E-state index in [-0.39, 0.29) is 12.5 Å². The molecule has 1 saturated heterocycles. The molecular formula is C20H28N6O3. The van der Waals surface area contributed by atoms with Crippen molar-refractivity contribution in [2.75, 3.05) is 46.9 Å². The van der Waals surface area contributed by atoms with Crippen LogP contribution in [0.3, 0.4) is 0 Å². The summed E-state index contributed by atoms with van der Waals surface area (Å²) in [5.74, 6) is 1.46. The molecule has 2 N–H and O–H groups in total. The SMILES string of the molecule is CN=C(NCC(=O)NCc1ccc(OC)cc1)N1CCN(Cc2ccon2)CC1. The van der Waals surface area contributed by atoms with Gasteiger partial charge in [-0.15, -0.1) is 0 Å². The molecule has 9 heteroatoms. The lowest BCUT2D eigenvalue weighted by Gasteiger charge is -2.36. The van der Waals surface area contributed by atoms with E-state index < -0.39 is 0 Å². The highest BCUT2D eigenvalue weighted by atomic mass is 16.5. The summed E-state index contributed by atoms with van der Waals surface area (Å²) in [6.45, 7) is 4.92. The second kappa shape index (κ2) is 10.5. The first-order valence-electron chi connectivity index (χ1n) is 9.65. The summed E-state index contributed by atoms with van der Waals surface area (Å²) in [6.07, 6.45) is 1.59. The number of carbonyl (C=O) groups is 1. The minimum atomic E-state index is -0.0772. The van der Waals surface area contributed by atoms with Gasteiger partial charge in [0.1, 0.15) is 12.0 Å². The smallest absolute Gasteiger partial charge is 0.239 e. The molecule has 2 aromatic rings. The van der Waals surface area contributed by atoms with Crippen LogP contribution in [0.25, 0.3) is 0 Å². The summed E-state index contributed by atoms with van der Waals surface area (Å²) in [6, 6.07) is 9.51. The summed E-state index contributed by atoms with van der Waals surface area (Å²) in [5.41, 5.74) is 1.96. The van der Waals surface area contributed by atoms with E-state index in [2.05, 4.69) is 30.6 Å². The molecule has 0 bridgehead atoms. The molecular weight excluding hydrogens is 372 g/mol. The minimum absolute atomic E-state index is 0.0772. The molecule has 156 valence electrons. The first-order chi connectivity index (χ1) is 14.2. The number of piperazine rings is 1. The maximum Gasteiger partial charge on any atom is 0.239 e. The van der Waals surface area contributed by atoms with Crippen LogP contribution in [-0.4, -0.2) is 73.7 Å². The van der Waals surface area contributed by atoms with E-state index in [1.165, 1.54) is 0 Å². The van der Waals surface area contributed by atoms with Crippen LogP contribution in [0.4, 0.5) is 0 Å². The number of nitrogens with one attached hydrogen (secondary N) is 2. The summed E-state index contributed by atoms with van der Waals surface area (Å²) >= 11 is 0. The summed E-state index contributed by atoms with van der Waals surface area (Å²) in [7, 11) is 3.37. The number of amides is 1. The molecule has 1 fully saturated rings. The number of nitrogens with zero attached hydrogens (tertiary/aromatic N) is 4. The Labute approximate surface area is 170 Å². The maximum absolute atomic E-state index is 12.2. The van der Waals surface area contributed by atoms with Gasteiger partial charge in [-0.25, -0.2) is 0 Å². The Balaban J connectivity index is 1.37. The number of methoxy groups -OCH3 is 1. The van der Waals surface area contributed by atoms with Crippen LogP contribution in [-0.2, 0) is 17.9 Å². The standard InChI is InChI=1S/C20H28N6O3/c1-21-20(26-10-8-25(9-11-26)15-17-7-12-29-24-17)23-14-19(27)22-13-16-3-5-18(28-2)6-4-16/h3-7,12H,8-11,13-15H2,1-2H3,(H,21,23)(H,22,27). The molecule has 0 unspecified atom stereocenters. The fourth-order valence-corrected chi connectivity index (χ4v) is 3.16. The molecule has 1 aliphatic heterocycles. The third-order valence-corrected chi connectivity index (χ3v) is 4.82. The number of hydrogen-bond acceptors (Lipinski definition) is 6. The monoisotopic (exact) mass is 400 g/mol. The molecule has 1 aliphatic rings. The molecule has 1 amide bonds.